The van der Waals surface area contributed by atoms with E-state index < -0.39 is 43.7 Å². The Labute approximate surface area is 202 Å². The topological polar surface area (TPSA) is 130 Å². The Morgan fingerprint density at radius 2 is 1.38 bits per heavy atom. The zero-order valence-electron chi connectivity index (χ0n) is 12.9. The third-order valence-corrected chi connectivity index (χ3v) is 3.18. The van der Waals surface area contributed by atoms with Crippen molar-refractivity contribution in [2.24, 2.45) is 0 Å². The molecule has 0 aliphatic heterocycles. The van der Waals surface area contributed by atoms with Gasteiger partial charge in [0.15, 0.2) is 0 Å². The average molecular weight is 439 g/mol. The molecule has 2 N–H and O–H groups in total. The fourth-order valence-electron chi connectivity index (χ4n) is 0.644. The van der Waals surface area contributed by atoms with Gasteiger partial charge in [-0.05, 0) is 6.92 Å². The molecule has 124 valence electrons. The molecule has 0 aromatic rings. The van der Waals surface area contributed by atoms with Gasteiger partial charge in [0.05, 0.1) is 16.0 Å². The summed E-state index contributed by atoms with van der Waals surface area (Å²) < 4.78 is 0. The van der Waals surface area contributed by atoms with Gasteiger partial charge in [0.2, 0.25) is 0 Å². The van der Waals surface area contributed by atoms with Crippen LogP contribution in [0.5, 0.6) is 0 Å². The van der Waals surface area contributed by atoms with E-state index in [1.165, 1.54) is 0 Å². The number of allylic oxidation sites excluding steroid dienone is 1. The Hall–Kier alpha value is 0.590. The molecular weight excluding hydrogens is 430 g/mol. The quantitative estimate of drug-likeness (QED) is 0.190. The van der Waals surface area contributed by atoms with Crippen molar-refractivity contribution in [3.8, 4) is 0 Å². The Morgan fingerprint density at radius 3 is 1.58 bits per heavy atom. The molecule has 13 heteroatoms. The van der Waals surface area contributed by atoms with E-state index in [4.69, 9.17) is 51.5 Å². The maximum atomic E-state index is 10.8. The molecule has 0 rings (SSSR count). The van der Waals surface area contributed by atoms with Crippen molar-refractivity contribution < 1.29 is 88.8 Å². The van der Waals surface area contributed by atoms with E-state index in [0.717, 1.165) is 0 Å². The zero-order valence-corrected chi connectivity index (χ0v) is 19.9. The van der Waals surface area contributed by atoms with Crippen molar-refractivity contribution in [3.05, 3.63) is 32.5 Å². The summed E-state index contributed by atoms with van der Waals surface area (Å²) in [4.78, 5) is 30.9. The van der Waals surface area contributed by atoms with Gasteiger partial charge >= 0.3 is 65.1 Å². The molecule has 0 fully saturated rings. The first-order chi connectivity index (χ1) is 9.97. The van der Waals surface area contributed by atoms with Crippen LogP contribution >= 0.6 is 46.4 Å². The summed E-state index contributed by atoms with van der Waals surface area (Å²) in [5, 5.41) is 28.1. The van der Waals surface area contributed by atoms with E-state index in [0.29, 0.717) is 6.54 Å². The van der Waals surface area contributed by atoms with Crippen molar-refractivity contribution in [3.63, 3.8) is 0 Å². The molecule has 0 aliphatic rings. The maximum absolute atomic E-state index is 10.8. The average Bonchev–Trinajstić information content (AvgIpc) is 2.44. The van der Waals surface area contributed by atoms with Crippen LogP contribution in [0.4, 0.5) is 0 Å². The summed E-state index contributed by atoms with van der Waals surface area (Å²) in [6, 6.07) is 0. The number of rotatable bonds is 5. The van der Waals surface area contributed by atoms with E-state index in [-0.39, 0.29) is 59.1 Å². The molecular formula is C11H9Cl4NNa2O6. The second kappa shape index (κ2) is 17.0. The predicted octanol–water partition coefficient (Wildman–Crippen LogP) is -5.80. The normalized spacial score (nSPS) is 11.0. The monoisotopic (exact) mass is 437 g/mol. The molecule has 0 aromatic heterocycles. The van der Waals surface area contributed by atoms with E-state index in [9.17, 15) is 24.6 Å². The summed E-state index contributed by atoms with van der Waals surface area (Å²) in [7, 11) is 0. The van der Waals surface area contributed by atoms with Gasteiger partial charge in [-0.1, -0.05) is 52.2 Å². The van der Waals surface area contributed by atoms with Crippen LogP contribution < -0.4 is 74.6 Å². The van der Waals surface area contributed by atoms with Gasteiger partial charge in [-0.2, -0.15) is 0 Å². The van der Waals surface area contributed by atoms with Crippen LogP contribution in [0.15, 0.2) is 32.5 Å². The van der Waals surface area contributed by atoms with Crippen LogP contribution in [0.25, 0.3) is 0 Å². The summed E-state index contributed by atoms with van der Waals surface area (Å²) >= 11 is 20.6. The van der Waals surface area contributed by atoms with Crippen LogP contribution in [0.1, 0.15) is 6.92 Å². The van der Waals surface area contributed by atoms with E-state index in [1.54, 1.807) is 6.92 Å². The fourth-order valence-corrected chi connectivity index (χ4v) is 1.06. The Balaban J connectivity index is -0.000000156. The number of amides is 1. The SMILES string of the molecule is C=C([O-])/C(Cl)=C(/Cl)C(=O)[O-].CCNC(=O)/C(Cl)=C(/Cl)C(=O)O.[Na+].[Na+]. The number of carboxylic acids is 2. The molecule has 0 aliphatic carbocycles. The first-order valence-electron chi connectivity index (χ1n) is 5.16. The summed E-state index contributed by atoms with van der Waals surface area (Å²) in [6.45, 7) is 4.87. The number of aliphatic carboxylic acids is 2. The second-order valence-electron chi connectivity index (χ2n) is 3.13. The molecule has 0 saturated heterocycles. The molecule has 0 radical (unpaired) electrons. The van der Waals surface area contributed by atoms with Crippen LogP contribution in [0.2, 0.25) is 0 Å². The van der Waals surface area contributed by atoms with E-state index >= 15 is 0 Å². The minimum Gasteiger partial charge on any atom is -0.872 e. The van der Waals surface area contributed by atoms with Crippen molar-refractivity contribution >= 4 is 64.2 Å². The molecule has 0 bridgehead atoms. The molecule has 0 spiro atoms. The van der Waals surface area contributed by atoms with Crippen LogP contribution in [0, 0.1) is 0 Å². The first kappa shape index (κ1) is 32.3. The fraction of sp³-hybridized carbons (Fsp3) is 0.182. The largest absolute Gasteiger partial charge is 1.00 e. The number of nitrogens with one attached hydrogen (secondary N) is 1. The summed E-state index contributed by atoms with van der Waals surface area (Å²) in [5.41, 5.74) is 0. The number of hydrogen-bond donors (Lipinski definition) is 2. The molecule has 7 nitrogen and oxygen atoms in total. The van der Waals surface area contributed by atoms with Crippen molar-refractivity contribution in [2.75, 3.05) is 6.54 Å². The molecule has 0 heterocycles. The van der Waals surface area contributed by atoms with Crippen LogP contribution in [-0.4, -0.2) is 29.5 Å². The molecule has 0 unspecified atom stereocenters. The molecule has 24 heavy (non-hydrogen) atoms. The van der Waals surface area contributed by atoms with Gasteiger partial charge in [0.25, 0.3) is 5.91 Å². The predicted molar refractivity (Wildman–Crippen MR) is 77.9 cm³/mol. The smallest absolute Gasteiger partial charge is 0.872 e. The zero-order chi connectivity index (χ0) is 18.0. The second-order valence-corrected chi connectivity index (χ2v) is 4.64. The third kappa shape index (κ3) is 13.8. The van der Waals surface area contributed by atoms with Crippen molar-refractivity contribution in [1.29, 1.82) is 0 Å². The first-order valence-corrected chi connectivity index (χ1v) is 6.68. The van der Waals surface area contributed by atoms with Gasteiger partial charge < -0.3 is 25.4 Å². The van der Waals surface area contributed by atoms with E-state index in [1.807, 2.05) is 0 Å². The number of carbonyl (C=O) groups is 3. The Morgan fingerprint density at radius 1 is 0.958 bits per heavy atom. The molecule has 0 saturated carbocycles. The minimum absolute atomic E-state index is 0. The number of carboxylic acid groups (broad SMARTS) is 2. The number of hydrogen-bond acceptors (Lipinski definition) is 5. The van der Waals surface area contributed by atoms with Crippen molar-refractivity contribution in [2.45, 2.75) is 6.92 Å². The van der Waals surface area contributed by atoms with Gasteiger partial charge in [-0.15, -0.1) is 6.58 Å². The van der Waals surface area contributed by atoms with Gasteiger partial charge in [-0.3, -0.25) is 4.79 Å². The Bertz CT molecular complexity index is 529. The number of likely N-dealkylation sites (N-methyl/N-ethyl adjacent to an activating group) is 1. The van der Waals surface area contributed by atoms with Gasteiger partial charge in [0, 0.05) is 6.54 Å². The third-order valence-electron chi connectivity index (χ3n) is 1.53. The minimum atomic E-state index is -1.69. The molecule has 0 atom stereocenters. The summed E-state index contributed by atoms with van der Waals surface area (Å²) in [5.74, 6) is -4.65. The van der Waals surface area contributed by atoms with Gasteiger partial charge in [0.1, 0.15) is 10.1 Å². The molecule has 0 aromatic carbocycles. The standard InChI is InChI=1S/C6H7Cl2NO3.C5H4Cl2O3.2Na/c1-2-9-5(10)3(7)4(8)6(11)12;1-2(8)3(6)4(7)5(9)10;;/h2H2,1H3,(H,9,10)(H,11,12);8H,1H2,(H,9,10);;/q;;2*+1/p-2/b2*4-3-;;. The van der Waals surface area contributed by atoms with Crippen LogP contribution in [0.3, 0.4) is 0 Å². The van der Waals surface area contributed by atoms with Crippen LogP contribution in [-0.2, 0) is 14.4 Å². The Kier molecular flexibility index (Phi) is 22.9. The van der Waals surface area contributed by atoms with E-state index in [2.05, 4.69) is 11.9 Å². The van der Waals surface area contributed by atoms with Crippen molar-refractivity contribution in [1.82, 2.24) is 5.32 Å². The van der Waals surface area contributed by atoms with Gasteiger partial charge in [-0.25, -0.2) is 4.79 Å². The number of carbonyl (C=O) groups excluding carboxylic acids is 2. The number of halogens is 4. The maximum Gasteiger partial charge on any atom is 1.00 e. The summed E-state index contributed by atoms with van der Waals surface area (Å²) in [6.07, 6.45) is 0. The molecule has 1 amide bonds.